The maximum Gasteiger partial charge on any atom is 0.337 e. The van der Waals surface area contributed by atoms with Crippen LogP contribution in [0.25, 0.3) is 10.9 Å². The third-order valence-corrected chi connectivity index (χ3v) is 5.99. The molecular weight excluding hydrogens is 442 g/mol. The van der Waals surface area contributed by atoms with Crippen LogP contribution in [-0.4, -0.2) is 47.0 Å². The minimum Gasteiger partial charge on any atom is -0.493 e. The van der Waals surface area contributed by atoms with Crippen molar-refractivity contribution in [1.29, 1.82) is 0 Å². The summed E-state index contributed by atoms with van der Waals surface area (Å²) >= 11 is 0. The summed E-state index contributed by atoms with van der Waals surface area (Å²) in [4.78, 5) is 43.7. The Labute approximate surface area is 195 Å². The van der Waals surface area contributed by atoms with Crippen LogP contribution in [-0.2, 0) is 26.5 Å². The lowest BCUT2D eigenvalue weighted by molar-refractivity contribution is -0.170. The summed E-state index contributed by atoms with van der Waals surface area (Å²) in [7, 11) is 2.91. The maximum absolute atomic E-state index is 13.7. The Morgan fingerprint density at radius 1 is 1.18 bits per heavy atom. The number of amides is 1. The highest BCUT2D eigenvalue weighted by Crippen LogP contribution is 2.34. The second-order valence-corrected chi connectivity index (χ2v) is 7.98. The van der Waals surface area contributed by atoms with Crippen LogP contribution >= 0.6 is 0 Å². The zero-order chi connectivity index (χ0) is 24.5. The number of benzene rings is 2. The molecule has 2 heterocycles. The number of aromatic nitrogens is 2. The van der Waals surface area contributed by atoms with Gasteiger partial charge in [-0.05, 0) is 25.0 Å². The fourth-order valence-electron chi connectivity index (χ4n) is 4.27. The second kappa shape index (κ2) is 9.14. The zero-order valence-electron chi connectivity index (χ0n) is 19.0. The SMILES string of the molecule is COc1cc2nc(C)n([C@@]3(C(=O)OCc4ccccc4)CCC(=O)NC3O)c(=O)c2cc1OC. The van der Waals surface area contributed by atoms with Crippen LogP contribution in [0.1, 0.15) is 24.2 Å². The fraction of sp³-hybridized carbons (Fsp3) is 0.333. The molecule has 1 saturated heterocycles. The summed E-state index contributed by atoms with van der Waals surface area (Å²) in [6.07, 6.45) is -1.94. The summed E-state index contributed by atoms with van der Waals surface area (Å²) in [5.74, 6) is -0.430. The second-order valence-electron chi connectivity index (χ2n) is 7.98. The molecule has 1 aliphatic rings. The number of piperidine rings is 1. The quantitative estimate of drug-likeness (QED) is 0.521. The van der Waals surface area contributed by atoms with E-state index in [1.165, 1.54) is 20.3 Å². The van der Waals surface area contributed by atoms with E-state index in [0.29, 0.717) is 17.0 Å². The molecular formula is C24H25N3O7. The molecule has 10 heteroatoms. The van der Waals surface area contributed by atoms with Gasteiger partial charge in [0, 0.05) is 12.5 Å². The summed E-state index contributed by atoms with van der Waals surface area (Å²) in [5, 5.41) is 13.5. The number of aliphatic hydroxyl groups excluding tert-OH is 1. The molecule has 3 aromatic rings. The Morgan fingerprint density at radius 2 is 1.85 bits per heavy atom. The molecule has 1 amide bonds. The average molecular weight is 467 g/mol. The number of rotatable bonds is 6. The Balaban J connectivity index is 1.87. The van der Waals surface area contributed by atoms with Crippen molar-refractivity contribution in [3.05, 3.63) is 64.2 Å². The van der Waals surface area contributed by atoms with Gasteiger partial charge in [0.05, 0.1) is 25.1 Å². The monoisotopic (exact) mass is 467 g/mol. The largest absolute Gasteiger partial charge is 0.493 e. The van der Waals surface area contributed by atoms with Gasteiger partial charge in [-0.25, -0.2) is 9.78 Å². The predicted octanol–water partition coefficient (Wildman–Crippen LogP) is 1.39. The molecule has 4 rings (SSSR count). The van der Waals surface area contributed by atoms with Crippen LogP contribution in [0, 0.1) is 6.92 Å². The van der Waals surface area contributed by atoms with Crippen LogP contribution in [0.5, 0.6) is 11.5 Å². The summed E-state index contributed by atoms with van der Waals surface area (Å²) in [5.41, 5.74) is -1.43. The molecule has 1 fully saturated rings. The van der Waals surface area contributed by atoms with Gasteiger partial charge in [0.2, 0.25) is 5.91 Å². The normalized spacial score (nSPS) is 20.0. The molecule has 0 spiro atoms. The first kappa shape index (κ1) is 23.2. The number of hydrogen-bond donors (Lipinski definition) is 2. The van der Waals surface area contributed by atoms with Gasteiger partial charge in [-0.2, -0.15) is 0 Å². The Morgan fingerprint density at radius 3 is 2.50 bits per heavy atom. The van der Waals surface area contributed by atoms with Crippen molar-refractivity contribution in [3.63, 3.8) is 0 Å². The highest BCUT2D eigenvalue weighted by Gasteiger charge is 2.53. The van der Waals surface area contributed by atoms with Crippen LogP contribution in [0.3, 0.4) is 0 Å². The predicted molar refractivity (Wildman–Crippen MR) is 121 cm³/mol. The third-order valence-electron chi connectivity index (χ3n) is 5.99. The minimum absolute atomic E-state index is 0.0675. The molecule has 1 unspecified atom stereocenters. The molecule has 2 aromatic carbocycles. The number of carbonyl (C=O) groups excluding carboxylic acids is 2. The minimum atomic E-state index is -1.90. The van der Waals surface area contributed by atoms with Gasteiger partial charge in [-0.15, -0.1) is 0 Å². The van der Waals surface area contributed by atoms with E-state index < -0.39 is 29.2 Å². The molecule has 0 bridgehead atoms. The first-order valence-corrected chi connectivity index (χ1v) is 10.7. The number of ether oxygens (including phenoxy) is 3. The lowest BCUT2D eigenvalue weighted by Crippen LogP contribution is -2.65. The van der Waals surface area contributed by atoms with E-state index in [0.717, 1.165) is 10.1 Å². The highest BCUT2D eigenvalue weighted by atomic mass is 16.5. The molecule has 2 atom stereocenters. The van der Waals surface area contributed by atoms with E-state index in [4.69, 9.17) is 14.2 Å². The van der Waals surface area contributed by atoms with E-state index in [-0.39, 0.29) is 30.7 Å². The molecule has 0 saturated carbocycles. The lowest BCUT2D eigenvalue weighted by atomic mass is 9.86. The van der Waals surface area contributed by atoms with Gasteiger partial charge in [0.15, 0.2) is 23.3 Å². The van der Waals surface area contributed by atoms with Crippen LogP contribution in [0.15, 0.2) is 47.3 Å². The van der Waals surface area contributed by atoms with E-state index >= 15 is 0 Å². The number of methoxy groups -OCH3 is 2. The highest BCUT2D eigenvalue weighted by molar-refractivity contribution is 5.87. The Kier molecular flexibility index (Phi) is 6.25. The van der Waals surface area contributed by atoms with Crippen molar-refractivity contribution >= 4 is 22.8 Å². The van der Waals surface area contributed by atoms with Crippen LogP contribution < -0.4 is 20.3 Å². The number of carbonyl (C=O) groups is 2. The summed E-state index contributed by atoms with van der Waals surface area (Å²) in [6, 6.07) is 12.0. The number of nitrogens with one attached hydrogen (secondary N) is 1. The fourth-order valence-corrected chi connectivity index (χ4v) is 4.27. The van der Waals surface area contributed by atoms with Crippen molar-refractivity contribution in [3.8, 4) is 11.5 Å². The Hall–Kier alpha value is -3.92. The van der Waals surface area contributed by atoms with E-state index in [2.05, 4.69) is 10.3 Å². The van der Waals surface area contributed by atoms with E-state index in [9.17, 15) is 19.5 Å². The van der Waals surface area contributed by atoms with Gasteiger partial charge in [-0.1, -0.05) is 30.3 Å². The number of nitrogens with zero attached hydrogens (tertiary/aromatic N) is 2. The van der Waals surface area contributed by atoms with Gasteiger partial charge in [0.1, 0.15) is 12.4 Å². The molecule has 0 radical (unpaired) electrons. The average Bonchev–Trinajstić information content (AvgIpc) is 2.83. The topological polar surface area (TPSA) is 129 Å². The zero-order valence-corrected chi connectivity index (χ0v) is 19.0. The van der Waals surface area contributed by atoms with E-state index in [1.54, 1.807) is 37.3 Å². The molecule has 1 aliphatic heterocycles. The number of hydrogen-bond acceptors (Lipinski definition) is 8. The lowest BCUT2D eigenvalue weighted by Gasteiger charge is -2.41. The first-order chi connectivity index (χ1) is 16.3. The first-order valence-electron chi connectivity index (χ1n) is 10.7. The standard InChI is InChI=1S/C24H25N3O7/c1-14-25-17-12-19(33-3)18(32-2)11-16(17)21(29)27(14)24(10-9-20(28)26-22(24)30)23(31)34-13-15-7-5-4-6-8-15/h4-8,11-12,22,30H,9-10,13H2,1-3H3,(H,26,28)/t22?,24-/m0/s1. The van der Waals surface area contributed by atoms with Crippen molar-refractivity contribution in [2.24, 2.45) is 0 Å². The van der Waals surface area contributed by atoms with E-state index in [1.807, 2.05) is 6.07 Å². The van der Waals surface area contributed by atoms with Gasteiger partial charge in [0.25, 0.3) is 5.56 Å². The Bertz CT molecular complexity index is 1310. The van der Waals surface area contributed by atoms with Crippen molar-refractivity contribution in [2.75, 3.05) is 14.2 Å². The molecule has 178 valence electrons. The van der Waals surface area contributed by atoms with Gasteiger partial charge >= 0.3 is 5.97 Å². The molecule has 34 heavy (non-hydrogen) atoms. The van der Waals surface area contributed by atoms with Crippen LogP contribution in [0.4, 0.5) is 0 Å². The molecule has 10 nitrogen and oxygen atoms in total. The maximum atomic E-state index is 13.7. The van der Waals surface area contributed by atoms with Crippen LogP contribution in [0.2, 0.25) is 0 Å². The molecule has 0 aliphatic carbocycles. The van der Waals surface area contributed by atoms with Crippen molar-refractivity contribution < 1.29 is 28.9 Å². The third kappa shape index (κ3) is 3.86. The summed E-state index contributed by atoms with van der Waals surface area (Å²) < 4.78 is 17.3. The summed E-state index contributed by atoms with van der Waals surface area (Å²) in [6.45, 7) is 1.48. The molecule has 1 aromatic heterocycles. The number of esters is 1. The van der Waals surface area contributed by atoms with Crippen molar-refractivity contribution in [1.82, 2.24) is 14.9 Å². The van der Waals surface area contributed by atoms with Gasteiger partial charge < -0.3 is 24.6 Å². The number of aryl methyl sites for hydroxylation is 1. The smallest absolute Gasteiger partial charge is 0.337 e. The molecule has 2 N–H and O–H groups in total. The van der Waals surface area contributed by atoms with Gasteiger partial charge in [-0.3, -0.25) is 14.2 Å². The number of fused-ring (bicyclic) bond motifs is 1. The number of aliphatic hydroxyl groups is 1. The van der Waals surface area contributed by atoms with Crippen molar-refractivity contribution in [2.45, 2.75) is 38.1 Å².